The van der Waals surface area contributed by atoms with Gasteiger partial charge in [0.25, 0.3) is 11.7 Å². The Kier molecular flexibility index (Phi) is 10.6. The van der Waals surface area contributed by atoms with E-state index in [-0.39, 0.29) is 11.3 Å². The van der Waals surface area contributed by atoms with Crippen molar-refractivity contribution in [3.63, 3.8) is 0 Å². The summed E-state index contributed by atoms with van der Waals surface area (Å²) in [5.74, 6) is -0.147. The molecule has 1 N–H and O–H groups in total. The lowest BCUT2D eigenvalue weighted by molar-refractivity contribution is -0.140. The number of aliphatic hydroxyl groups is 1. The van der Waals surface area contributed by atoms with Crippen molar-refractivity contribution in [3.8, 4) is 11.5 Å². The summed E-state index contributed by atoms with van der Waals surface area (Å²) in [5.41, 5.74) is 1.28. The first kappa shape index (κ1) is 28.3. The minimum absolute atomic E-state index is 0.0924. The first-order chi connectivity index (χ1) is 17.9. The minimum Gasteiger partial charge on any atom is -0.507 e. The van der Waals surface area contributed by atoms with E-state index >= 15 is 0 Å². The summed E-state index contributed by atoms with van der Waals surface area (Å²) >= 11 is 0. The van der Waals surface area contributed by atoms with Crippen molar-refractivity contribution in [1.82, 2.24) is 9.80 Å². The largest absolute Gasteiger partial charge is 0.507 e. The number of carbonyl (C=O) groups excluding carboxylic acids is 2. The normalized spacial score (nSPS) is 17.0. The second kappa shape index (κ2) is 13.8. The maximum atomic E-state index is 13.3. The van der Waals surface area contributed by atoms with Gasteiger partial charge in [0.05, 0.1) is 24.8 Å². The molecule has 37 heavy (non-hydrogen) atoms. The molecule has 1 unspecified atom stereocenters. The van der Waals surface area contributed by atoms with Crippen molar-refractivity contribution < 1.29 is 24.2 Å². The summed E-state index contributed by atoms with van der Waals surface area (Å²) in [6.07, 6.45) is 3.23. The van der Waals surface area contributed by atoms with Gasteiger partial charge >= 0.3 is 0 Å². The molecule has 7 nitrogen and oxygen atoms in total. The summed E-state index contributed by atoms with van der Waals surface area (Å²) in [7, 11) is 0. The third-order valence-corrected chi connectivity index (χ3v) is 6.72. The van der Waals surface area contributed by atoms with Crippen molar-refractivity contribution in [2.75, 3.05) is 39.4 Å². The van der Waals surface area contributed by atoms with Crippen LogP contribution in [0.5, 0.6) is 11.5 Å². The van der Waals surface area contributed by atoms with E-state index in [1.807, 2.05) is 31.2 Å². The number of nitrogens with zero attached hydrogens (tertiary/aromatic N) is 2. The number of Topliss-reactive ketones (excluding diaryl/α,β-unsaturated/α-hetero) is 1. The quantitative estimate of drug-likeness (QED) is 0.159. The molecule has 0 aliphatic carbocycles. The van der Waals surface area contributed by atoms with Crippen molar-refractivity contribution in [3.05, 3.63) is 65.2 Å². The Morgan fingerprint density at radius 3 is 2.32 bits per heavy atom. The van der Waals surface area contributed by atoms with E-state index in [2.05, 4.69) is 25.7 Å². The number of likely N-dealkylation sites (N-methyl/N-ethyl adjacent to an activating group) is 1. The van der Waals surface area contributed by atoms with Crippen LogP contribution in [-0.4, -0.2) is 66.0 Å². The van der Waals surface area contributed by atoms with Gasteiger partial charge in [-0.15, -0.1) is 0 Å². The number of unbranched alkanes of at least 4 members (excludes halogenated alkanes) is 2. The Bertz CT molecular complexity index is 1080. The van der Waals surface area contributed by atoms with Crippen LogP contribution in [0.4, 0.5) is 0 Å². The highest BCUT2D eigenvalue weighted by Crippen LogP contribution is 2.40. The van der Waals surface area contributed by atoms with E-state index in [4.69, 9.17) is 9.47 Å². The SMILES string of the molecule is CCCCCOc1ccc(C2C(=C(O)c3cccc(OCC)c3)C(=O)C(=O)N2CCN(CC)CC)cc1. The molecule has 2 aromatic carbocycles. The lowest BCUT2D eigenvalue weighted by atomic mass is 9.95. The number of likely N-dealkylation sites (tertiary alicyclic amines) is 1. The molecule has 1 atom stereocenters. The average molecular weight is 509 g/mol. The Labute approximate surface area is 220 Å². The monoisotopic (exact) mass is 508 g/mol. The van der Waals surface area contributed by atoms with Crippen LogP contribution >= 0.6 is 0 Å². The number of rotatable bonds is 14. The van der Waals surface area contributed by atoms with Crippen LogP contribution in [0.2, 0.25) is 0 Å². The highest BCUT2D eigenvalue weighted by Gasteiger charge is 2.46. The molecule has 7 heteroatoms. The molecule has 1 amide bonds. The number of benzene rings is 2. The molecular formula is C30H40N2O5. The third kappa shape index (κ3) is 6.92. The van der Waals surface area contributed by atoms with E-state index in [1.165, 1.54) is 0 Å². The number of amides is 1. The first-order valence-corrected chi connectivity index (χ1v) is 13.4. The summed E-state index contributed by atoms with van der Waals surface area (Å²) in [5, 5.41) is 11.3. The molecule has 0 aromatic heterocycles. The fourth-order valence-electron chi connectivity index (χ4n) is 4.59. The standard InChI is InChI=1S/C30H40N2O5/c1-5-9-10-20-37-24-16-14-22(15-17-24)27-26(28(33)23-12-11-13-25(21-23)36-8-4)29(34)30(35)32(27)19-18-31(6-2)7-3/h11-17,21,27,33H,5-10,18-20H2,1-4H3. The van der Waals surface area contributed by atoms with Crippen LogP contribution in [0.1, 0.15) is 64.1 Å². The summed E-state index contributed by atoms with van der Waals surface area (Å²) < 4.78 is 11.4. The average Bonchev–Trinajstić information content (AvgIpc) is 3.17. The first-order valence-electron chi connectivity index (χ1n) is 13.4. The number of ether oxygens (including phenoxy) is 2. The van der Waals surface area contributed by atoms with Crippen LogP contribution in [0, 0.1) is 0 Å². The smallest absolute Gasteiger partial charge is 0.295 e. The van der Waals surface area contributed by atoms with Crippen molar-refractivity contribution in [2.24, 2.45) is 0 Å². The molecule has 1 aliphatic rings. The van der Waals surface area contributed by atoms with Gasteiger partial charge in [0.15, 0.2) is 0 Å². The van der Waals surface area contributed by atoms with Gasteiger partial charge < -0.3 is 24.4 Å². The molecule has 0 spiro atoms. The summed E-state index contributed by atoms with van der Waals surface area (Å²) in [6.45, 7) is 12.0. The molecule has 0 bridgehead atoms. The van der Waals surface area contributed by atoms with Crippen molar-refractivity contribution >= 4 is 17.4 Å². The molecular weight excluding hydrogens is 468 g/mol. The van der Waals surface area contributed by atoms with Crippen LogP contribution in [-0.2, 0) is 9.59 Å². The van der Waals surface area contributed by atoms with E-state index in [9.17, 15) is 14.7 Å². The predicted octanol–water partition coefficient (Wildman–Crippen LogP) is 5.42. The van der Waals surface area contributed by atoms with E-state index in [0.717, 1.165) is 43.7 Å². The zero-order valence-corrected chi connectivity index (χ0v) is 22.5. The molecule has 3 rings (SSSR count). The van der Waals surface area contributed by atoms with E-state index in [0.29, 0.717) is 37.6 Å². The van der Waals surface area contributed by atoms with Crippen LogP contribution < -0.4 is 9.47 Å². The van der Waals surface area contributed by atoms with Crippen LogP contribution in [0.3, 0.4) is 0 Å². The Morgan fingerprint density at radius 1 is 0.946 bits per heavy atom. The fraction of sp³-hybridized carbons (Fsp3) is 0.467. The lowest BCUT2D eigenvalue weighted by Gasteiger charge is -2.28. The maximum absolute atomic E-state index is 13.3. The van der Waals surface area contributed by atoms with Gasteiger partial charge in [-0.2, -0.15) is 0 Å². The van der Waals surface area contributed by atoms with Crippen molar-refractivity contribution in [2.45, 2.75) is 53.0 Å². The molecule has 200 valence electrons. The number of carbonyl (C=O) groups is 2. The van der Waals surface area contributed by atoms with E-state index in [1.54, 1.807) is 29.2 Å². The molecule has 1 aliphatic heterocycles. The third-order valence-electron chi connectivity index (χ3n) is 6.72. The van der Waals surface area contributed by atoms with Crippen LogP contribution in [0.15, 0.2) is 54.1 Å². The highest BCUT2D eigenvalue weighted by atomic mass is 16.5. The molecule has 1 heterocycles. The molecule has 2 aromatic rings. The topological polar surface area (TPSA) is 79.3 Å². The van der Waals surface area contributed by atoms with Gasteiger partial charge in [0.2, 0.25) is 0 Å². The van der Waals surface area contributed by atoms with Gasteiger partial charge in [-0.05, 0) is 56.3 Å². The summed E-state index contributed by atoms with van der Waals surface area (Å²) in [6, 6.07) is 13.7. The zero-order valence-electron chi connectivity index (χ0n) is 22.5. The molecule has 1 fully saturated rings. The summed E-state index contributed by atoms with van der Waals surface area (Å²) in [4.78, 5) is 30.3. The maximum Gasteiger partial charge on any atom is 0.295 e. The number of hydrogen-bond donors (Lipinski definition) is 1. The Morgan fingerprint density at radius 2 is 1.68 bits per heavy atom. The number of aliphatic hydroxyl groups excluding tert-OH is 1. The molecule has 0 saturated carbocycles. The second-order valence-electron chi connectivity index (χ2n) is 9.10. The second-order valence-corrected chi connectivity index (χ2v) is 9.10. The molecule has 0 radical (unpaired) electrons. The Balaban J connectivity index is 1.99. The van der Waals surface area contributed by atoms with Gasteiger partial charge in [0, 0.05) is 18.7 Å². The molecule has 1 saturated heterocycles. The Hall–Kier alpha value is -3.32. The fourth-order valence-corrected chi connectivity index (χ4v) is 4.59. The van der Waals surface area contributed by atoms with Crippen molar-refractivity contribution in [1.29, 1.82) is 0 Å². The number of ketones is 1. The zero-order chi connectivity index (χ0) is 26.8. The van der Waals surface area contributed by atoms with Gasteiger partial charge in [-0.25, -0.2) is 0 Å². The predicted molar refractivity (Wildman–Crippen MR) is 146 cm³/mol. The van der Waals surface area contributed by atoms with Crippen LogP contribution in [0.25, 0.3) is 5.76 Å². The number of hydrogen-bond acceptors (Lipinski definition) is 6. The van der Waals surface area contributed by atoms with E-state index < -0.39 is 17.7 Å². The van der Waals surface area contributed by atoms with Gasteiger partial charge in [-0.3, -0.25) is 9.59 Å². The van der Waals surface area contributed by atoms with Gasteiger partial charge in [0.1, 0.15) is 17.3 Å². The van der Waals surface area contributed by atoms with Gasteiger partial charge in [-0.1, -0.05) is 57.9 Å². The lowest BCUT2D eigenvalue weighted by Crippen LogP contribution is -2.38. The highest BCUT2D eigenvalue weighted by molar-refractivity contribution is 6.46. The minimum atomic E-state index is -0.694.